The summed E-state index contributed by atoms with van der Waals surface area (Å²) in [4.78, 5) is 0. The Bertz CT molecular complexity index is 1070. The van der Waals surface area contributed by atoms with Crippen molar-refractivity contribution in [2.45, 2.75) is 85.0 Å². The summed E-state index contributed by atoms with van der Waals surface area (Å²) in [6.07, 6.45) is 16.8. The Labute approximate surface area is 275 Å². The Balaban J connectivity index is 0.00000267. The molecule has 1 aliphatic carbocycles. The first-order valence-electron chi connectivity index (χ1n) is 14.5. The minimum absolute atomic E-state index is 0. The second-order valence-corrected chi connectivity index (χ2v) is 15.3. The van der Waals surface area contributed by atoms with E-state index in [1.165, 1.54) is 93.9 Å². The number of hydrogen-bond acceptors (Lipinski definition) is 0. The van der Waals surface area contributed by atoms with Crippen LogP contribution in [-0.2, 0) is 39.7 Å². The van der Waals surface area contributed by atoms with Crippen molar-refractivity contribution in [3.63, 3.8) is 0 Å². The fourth-order valence-electron chi connectivity index (χ4n) is 5.79. The molecule has 5 heteroatoms. The monoisotopic (exact) mass is 644 g/mol. The number of unbranched alkanes of at least 4 members (excludes halogenated alkanes) is 3. The second kappa shape index (κ2) is 18.5. The first kappa shape index (κ1) is 37.0. The van der Waals surface area contributed by atoms with Gasteiger partial charge in [-0.1, -0.05) is 0 Å². The molecule has 0 bridgehead atoms. The predicted molar refractivity (Wildman–Crippen MR) is 161 cm³/mol. The fourth-order valence-corrected chi connectivity index (χ4v) is 12.0. The van der Waals surface area contributed by atoms with Crippen molar-refractivity contribution in [1.82, 2.24) is 0 Å². The zero-order chi connectivity index (χ0) is 26.1. The van der Waals surface area contributed by atoms with Gasteiger partial charge in [-0.05, 0) is 0 Å². The third-order valence-electron chi connectivity index (χ3n) is 8.00. The molecule has 0 saturated heterocycles. The molecule has 0 N–H and O–H groups in total. The molecule has 0 nitrogen and oxygen atoms in total. The van der Waals surface area contributed by atoms with E-state index in [2.05, 4.69) is 126 Å². The molecule has 212 valence electrons. The van der Waals surface area contributed by atoms with Gasteiger partial charge in [0.1, 0.15) is 0 Å². The number of rotatable bonds is 13. The van der Waals surface area contributed by atoms with E-state index in [0.717, 1.165) is 6.42 Å². The van der Waals surface area contributed by atoms with Crippen molar-refractivity contribution in [3.8, 4) is 0 Å². The number of aryl methyl sites for hydroxylation is 3. The van der Waals surface area contributed by atoms with Gasteiger partial charge in [-0.3, -0.25) is 0 Å². The SMILES string of the molecule is CCCCc1ccc([Si](C2=[C]([Ti+3])C=CC2)(c2ccc(CCCC)cc2)c2ccc(CCCC)cc2)cc1.[Cl-].[Cl-].[Cl-]. The number of hydrogen-bond donors (Lipinski definition) is 0. The van der Waals surface area contributed by atoms with Crippen LogP contribution >= 0.6 is 0 Å². The normalized spacial score (nSPS) is 12.5. The van der Waals surface area contributed by atoms with Crippen molar-refractivity contribution < 1.29 is 57.7 Å². The predicted octanol–water partition coefficient (Wildman–Crippen LogP) is -1.50. The maximum Gasteiger partial charge on any atom is -1.00 e. The largest absolute Gasteiger partial charge is 1.00 e. The average molecular weight is 646 g/mol. The standard InChI is InChI=1S/C35H43Si.3ClH.Ti/c1-4-7-12-29-17-23-33(24-18-29)36(32-15-10-11-16-32,34-25-19-30(20-26-34)13-8-5-2)35-27-21-31(22-28-35)14-9-6-3;;;;/h10-11,17-28H,4-9,12-15H2,1-3H3;3*1H;/q;;;;+3/p-3. The molecule has 1 aliphatic rings. The van der Waals surface area contributed by atoms with Gasteiger partial charge in [0.15, 0.2) is 0 Å². The van der Waals surface area contributed by atoms with Crippen LogP contribution in [0.4, 0.5) is 0 Å². The summed E-state index contributed by atoms with van der Waals surface area (Å²) in [5.41, 5.74) is 4.40. The zero-order valence-electron chi connectivity index (χ0n) is 24.3. The Morgan fingerprint density at radius 1 is 0.550 bits per heavy atom. The zero-order valence-corrected chi connectivity index (χ0v) is 29.1. The Hall–Kier alpha value is -1.06. The summed E-state index contributed by atoms with van der Waals surface area (Å²) in [6.45, 7) is 6.84. The average Bonchev–Trinajstić information content (AvgIpc) is 3.38. The second-order valence-electron chi connectivity index (χ2n) is 10.7. The van der Waals surface area contributed by atoms with Crippen LogP contribution in [0.5, 0.6) is 0 Å². The smallest absolute Gasteiger partial charge is 1.00 e. The van der Waals surface area contributed by atoms with Crippen molar-refractivity contribution in [2.24, 2.45) is 0 Å². The third kappa shape index (κ3) is 8.50. The van der Waals surface area contributed by atoms with E-state index >= 15 is 0 Å². The quantitative estimate of drug-likeness (QED) is 0.157. The minimum atomic E-state index is -2.40. The van der Waals surface area contributed by atoms with Crippen LogP contribution in [-0.4, -0.2) is 8.07 Å². The van der Waals surface area contributed by atoms with Gasteiger partial charge in [0.2, 0.25) is 0 Å². The maximum absolute atomic E-state index is 2.48. The van der Waals surface area contributed by atoms with E-state index in [-0.39, 0.29) is 37.2 Å². The fraction of sp³-hybridized carbons (Fsp3) is 0.371. The molecule has 0 amide bonds. The third-order valence-corrected chi connectivity index (χ3v) is 14.1. The molecular weight excluding hydrogens is 603 g/mol. The molecular formula is C35H43Cl3SiTi. The van der Waals surface area contributed by atoms with Crippen molar-refractivity contribution in [3.05, 3.63) is 111 Å². The molecule has 0 aromatic heterocycles. The van der Waals surface area contributed by atoms with Crippen LogP contribution in [0.25, 0.3) is 0 Å². The van der Waals surface area contributed by atoms with E-state index < -0.39 is 8.07 Å². The summed E-state index contributed by atoms with van der Waals surface area (Å²) < 4.78 is 1.46. The Morgan fingerprint density at radius 3 is 1.12 bits per heavy atom. The van der Waals surface area contributed by atoms with Gasteiger partial charge in [0.25, 0.3) is 0 Å². The molecule has 0 spiro atoms. The van der Waals surface area contributed by atoms with Crippen LogP contribution in [0.1, 0.15) is 82.4 Å². The summed E-state index contributed by atoms with van der Waals surface area (Å²) in [6, 6.07) is 29.3. The minimum Gasteiger partial charge on any atom is -1.00 e. The van der Waals surface area contributed by atoms with Gasteiger partial charge >= 0.3 is 240 Å². The van der Waals surface area contributed by atoms with Gasteiger partial charge in [0, 0.05) is 0 Å². The van der Waals surface area contributed by atoms with E-state index in [0.29, 0.717) is 0 Å². The Kier molecular flexibility index (Phi) is 17.1. The molecule has 40 heavy (non-hydrogen) atoms. The van der Waals surface area contributed by atoms with Crippen molar-refractivity contribution in [1.29, 1.82) is 0 Å². The van der Waals surface area contributed by atoms with Crippen molar-refractivity contribution in [2.75, 3.05) is 0 Å². The molecule has 0 unspecified atom stereocenters. The van der Waals surface area contributed by atoms with Crippen LogP contribution < -0.4 is 52.8 Å². The van der Waals surface area contributed by atoms with Gasteiger partial charge in [0.05, 0.1) is 0 Å². The van der Waals surface area contributed by atoms with Gasteiger partial charge in [-0.2, -0.15) is 0 Å². The van der Waals surface area contributed by atoms with E-state index in [1.54, 1.807) is 5.20 Å². The van der Waals surface area contributed by atoms with Crippen LogP contribution in [0.2, 0.25) is 0 Å². The van der Waals surface area contributed by atoms with Gasteiger partial charge in [-0.15, -0.1) is 0 Å². The summed E-state index contributed by atoms with van der Waals surface area (Å²) in [5, 5.41) is 6.21. The van der Waals surface area contributed by atoms with E-state index in [9.17, 15) is 0 Å². The molecule has 3 aromatic carbocycles. The summed E-state index contributed by atoms with van der Waals surface area (Å²) in [7, 11) is -2.40. The molecule has 4 rings (SSSR count). The molecule has 0 atom stereocenters. The van der Waals surface area contributed by atoms with Crippen molar-refractivity contribution >= 4 is 23.6 Å². The molecule has 0 aliphatic heterocycles. The molecule has 3 aromatic rings. The first-order valence-corrected chi connectivity index (χ1v) is 17.3. The molecule has 0 radical (unpaired) electrons. The van der Waals surface area contributed by atoms with Crippen LogP contribution in [0, 0.1) is 0 Å². The van der Waals surface area contributed by atoms with Crippen LogP contribution in [0.3, 0.4) is 0 Å². The molecule has 0 fully saturated rings. The number of allylic oxidation sites excluding steroid dienone is 4. The summed E-state index contributed by atoms with van der Waals surface area (Å²) in [5.74, 6) is 0. The number of benzene rings is 3. The van der Waals surface area contributed by atoms with Gasteiger partial charge in [-0.25, -0.2) is 0 Å². The van der Waals surface area contributed by atoms with Gasteiger partial charge < -0.3 is 37.2 Å². The summed E-state index contributed by atoms with van der Waals surface area (Å²) >= 11 is 2.33. The number of halogens is 3. The molecule has 0 heterocycles. The van der Waals surface area contributed by atoms with E-state index in [4.69, 9.17) is 0 Å². The maximum atomic E-state index is 2.48. The van der Waals surface area contributed by atoms with Crippen LogP contribution in [0.15, 0.2) is 94.0 Å². The van der Waals surface area contributed by atoms with E-state index in [1.807, 2.05) is 0 Å². The Morgan fingerprint density at radius 2 is 0.875 bits per heavy atom. The molecule has 0 saturated carbocycles. The first-order chi connectivity index (χ1) is 18.1. The topological polar surface area (TPSA) is 0 Å².